The Kier molecular flexibility index (Phi) is 5.51. The van der Waals surface area contributed by atoms with Crippen LogP contribution in [0.4, 0.5) is 22.7 Å². The molecule has 0 saturated carbocycles. The van der Waals surface area contributed by atoms with E-state index in [2.05, 4.69) is 5.32 Å². The Morgan fingerprint density at radius 3 is 2.15 bits per heavy atom. The van der Waals surface area contributed by atoms with Crippen LogP contribution in [0.5, 0.6) is 0 Å². The van der Waals surface area contributed by atoms with E-state index in [9.17, 15) is 25.0 Å². The number of carbonyl (C=O) groups excluding carboxylic acids is 1. The van der Waals surface area contributed by atoms with Gasteiger partial charge in [0.05, 0.1) is 28.1 Å². The van der Waals surface area contributed by atoms with Crippen molar-refractivity contribution in [2.24, 2.45) is 0 Å². The standard InChI is InChI=1S/C17H17N3O6/c1-4-26-17(21)14-8-13(19(22)23)9-15(20(24)25)16(14)18-12-6-10(2)5-11(3)7-12/h5-9,18H,4H2,1-3H3. The maximum atomic E-state index is 12.2. The Labute approximate surface area is 148 Å². The SMILES string of the molecule is CCOC(=O)c1cc([N+](=O)[O-])cc([N+](=O)[O-])c1Nc1cc(C)cc(C)c1. The molecule has 0 saturated heterocycles. The fraction of sp³-hybridized carbons (Fsp3) is 0.235. The highest BCUT2D eigenvalue weighted by atomic mass is 16.6. The quantitative estimate of drug-likeness (QED) is 0.469. The molecule has 0 unspecified atom stereocenters. The van der Waals surface area contributed by atoms with Crippen molar-refractivity contribution >= 4 is 28.7 Å². The van der Waals surface area contributed by atoms with Crippen LogP contribution < -0.4 is 5.32 Å². The maximum Gasteiger partial charge on any atom is 0.340 e. The topological polar surface area (TPSA) is 125 Å². The first-order chi connectivity index (χ1) is 12.2. The van der Waals surface area contributed by atoms with Gasteiger partial charge in [0.15, 0.2) is 0 Å². The summed E-state index contributed by atoms with van der Waals surface area (Å²) in [6.45, 7) is 5.31. The molecule has 0 spiro atoms. The van der Waals surface area contributed by atoms with Gasteiger partial charge in [-0.05, 0) is 44.0 Å². The number of anilines is 2. The maximum absolute atomic E-state index is 12.2. The van der Waals surface area contributed by atoms with E-state index < -0.39 is 27.2 Å². The zero-order valence-electron chi connectivity index (χ0n) is 14.4. The zero-order valence-corrected chi connectivity index (χ0v) is 14.4. The van der Waals surface area contributed by atoms with Crippen LogP contribution in [-0.4, -0.2) is 22.4 Å². The van der Waals surface area contributed by atoms with E-state index in [1.54, 1.807) is 19.1 Å². The molecule has 0 bridgehead atoms. The molecule has 2 aromatic rings. The van der Waals surface area contributed by atoms with Gasteiger partial charge in [-0.2, -0.15) is 0 Å². The third-order valence-corrected chi connectivity index (χ3v) is 3.50. The summed E-state index contributed by atoms with van der Waals surface area (Å²) < 4.78 is 4.90. The van der Waals surface area contributed by atoms with Crippen LogP contribution in [0.3, 0.4) is 0 Å². The van der Waals surface area contributed by atoms with Gasteiger partial charge in [0.25, 0.3) is 11.4 Å². The average Bonchev–Trinajstić information content (AvgIpc) is 2.53. The summed E-state index contributed by atoms with van der Waals surface area (Å²) in [5.74, 6) is -0.883. The lowest BCUT2D eigenvalue weighted by Gasteiger charge is -2.13. The lowest BCUT2D eigenvalue weighted by atomic mass is 10.1. The van der Waals surface area contributed by atoms with E-state index in [-0.39, 0.29) is 17.9 Å². The molecule has 2 rings (SSSR count). The Bertz CT molecular complexity index is 874. The average molecular weight is 359 g/mol. The predicted molar refractivity (Wildman–Crippen MR) is 94.9 cm³/mol. The second kappa shape index (κ2) is 7.60. The van der Waals surface area contributed by atoms with E-state index in [0.717, 1.165) is 23.3 Å². The number of nitro groups is 2. The number of aryl methyl sites for hydroxylation is 2. The summed E-state index contributed by atoms with van der Waals surface area (Å²) in [7, 11) is 0. The van der Waals surface area contributed by atoms with Gasteiger partial charge in [-0.15, -0.1) is 0 Å². The summed E-state index contributed by atoms with van der Waals surface area (Å²) in [5.41, 5.74) is 0.776. The summed E-state index contributed by atoms with van der Waals surface area (Å²) >= 11 is 0. The molecule has 0 amide bonds. The Balaban J connectivity index is 2.68. The van der Waals surface area contributed by atoms with Gasteiger partial charge in [0.1, 0.15) is 5.69 Å². The highest BCUT2D eigenvalue weighted by Gasteiger charge is 2.28. The fourth-order valence-electron chi connectivity index (χ4n) is 2.55. The predicted octanol–water partition coefficient (Wildman–Crippen LogP) is 4.04. The summed E-state index contributed by atoms with van der Waals surface area (Å²) in [6.07, 6.45) is 0. The van der Waals surface area contributed by atoms with Crippen LogP contribution >= 0.6 is 0 Å². The molecule has 0 aromatic heterocycles. The fourth-order valence-corrected chi connectivity index (χ4v) is 2.55. The molecule has 1 N–H and O–H groups in total. The summed E-state index contributed by atoms with van der Waals surface area (Å²) in [4.78, 5) is 33.2. The number of hydrogen-bond acceptors (Lipinski definition) is 7. The van der Waals surface area contributed by atoms with Gasteiger partial charge in [0, 0.05) is 11.8 Å². The number of nitro benzene ring substituents is 2. The van der Waals surface area contributed by atoms with Gasteiger partial charge in [-0.25, -0.2) is 4.79 Å². The van der Waals surface area contributed by atoms with Gasteiger partial charge in [-0.3, -0.25) is 20.2 Å². The van der Waals surface area contributed by atoms with Crippen molar-refractivity contribution in [2.45, 2.75) is 20.8 Å². The molecule has 0 aliphatic rings. The third kappa shape index (κ3) is 4.12. The minimum atomic E-state index is -0.883. The van der Waals surface area contributed by atoms with Crippen LogP contribution in [0.25, 0.3) is 0 Å². The molecule has 0 atom stereocenters. The van der Waals surface area contributed by atoms with E-state index >= 15 is 0 Å². The van der Waals surface area contributed by atoms with Gasteiger partial charge in [0.2, 0.25) is 0 Å². The number of esters is 1. The van der Waals surface area contributed by atoms with Crippen molar-refractivity contribution in [1.29, 1.82) is 0 Å². The number of benzene rings is 2. The van der Waals surface area contributed by atoms with Gasteiger partial charge in [-0.1, -0.05) is 6.07 Å². The minimum Gasteiger partial charge on any atom is -0.462 e. The number of rotatable bonds is 6. The smallest absolute Gasteiger partial charge is 0.340 e. The Hall–Kier alpha value is -3.49. The zero-order chi connectivity index (χ0) is 19.4. The molecule has 0 heterocycles. The van der Waals surface area contributed by atoms with Crippen molar-refractivity contribution in [1.82, 2.24) is 0 Å². The second-order valence-corrected chi connectivity index (χ2v) is 5.62. The summed E-state index contributed by atoms with van der Waals surface area (Å²) in [6, 6.07) is 7.19. The number of nitrogens with zero attached hydrogens (tertiary/aromatic N) is 2. The lowest BCUT2D eigenvalue weighted by Crippen LogP contribution is -2.11. The molecule has 9 heteroatoms. The first kappa shape index (κ1) is 18.8. The molecule has 9 nitrogen and oxygen atoms in total. The third-order valence-electron chi connectivity index (χ3n) is 3.50. The van der Waals surface area contributed by atoms with E-state index in [1.807, 2.05) is 19.9 Å². The van der Waals surface area contributed by atoms with E-state index in [4.69, 9.17) is 4.74 Å². The monoisotopic (exact) mass is 359 g/mol. The summed E-state index contributed by atoms with van der Waals surface area (Å²) in [5, 5.41) is 25.4. The number of non-ortho nitro benzene ring substituents is 1. The van der Waals surface area contributed by atoms with Crippen molar-refractivity contribution < 1.29 is 19.4 Å². The van der Waals surface area contributed by atoms with Crippen LogP contribution in [0, 0.1) is 34.1 Å². The first-order valence-electron chi connectivity index (χ1n) is 7.72. The highest BCUT2D eigenvalue weighted by molar-refractivity contribution is 6.00. The Morgan fingerprint density at radius 1 is 1.04 bits per heavy atom. The van der Waals surface area contributed by atoms with Gasteiger partial charge < -0.3 is 10.1 Å². The minimum absolute atomic E-state index is 0.0261. The van der Waals surface area contributed by atoms with Gasteiger partial charge >= 0.3 is 5.97 Å². The van der Waals surface area contributed by atoms with Crippen LogP contribution in [-0.2, 0) is 4.74 Å². The van der Waals surface area contributed by atoms with Crippen molar-refractivity contribution in [3.05, 3.63) is 67.3 Å². The van der Waals surface area contributed by atoms with Crippen LogP contribution in [0.15, 0.2) is 30.3 Å². The first-order valence-corrected chi connectivity index (χ1v) is 7.72. The van der Waals surface area contributed by atoms with E-state index in [0.29, 0.717) is 5.69 Å². The molecule has 0 aliphatic heterocycles. The van der Waals surface area contributed by atoms with E-state index in [1.165, 1.54) is 0 Å². The van der Waals surface area contributed by atoms with Crippen LogP contribution in [0.2, 0.25) is 0 Å². The van der Waals surface area contributed by atoms with Crippen molar-refractivity contribution in [2.75, 3.05) is 11.9 Å². The number of hydrogen-bond donors (Lipinski definition) is 1. The number of carbonyl (C=O) groups is 1. The molecule has 0 fully saturated rings. The molecule has 0 aliphatic carbocycles. The van der Waals surface area contributed by atoms with Crippen LogP contribution in [0.1, 0.15) is 28.4 Å². The van der Waals surface area contributed by atoms with Crippen molar-refractivity contribution in [3.8, 4) is 0 Å². The highest BCUT2D eigenvalue weighted by Crippen LogP contribution is 2.36. The number of nitrogens with one attached hydrogen (secondary N) is 1. The molecule has 2 aromatic carbocycles. The second-order valence-electron chi connectivity index (χ2n) is 5.62. The molecule has 26 heavy (non-hydrogen) atoms. The normalized spacial score (nSPS) is 10.3. The number of ether oxygens (including phenoxy) is 1. The molecule has 136 valence electrons. The molecular weight excluding hydrogens is 342 g/mol. The largest absolute Gasteiger partial charge is 0.462 e. The molecular formula is C17H17N3O6. The Morgan fingerprint density at radius 2 is 1.65 bits per heavy atom. The molecule has 0 radical (unpaired) electrons. The van der Waals surface area contributed by atoms with Crippen molar-refractivity contribution in [3.63, 3.8) is 0 Å². The lowest BCUT2D eigenvalue weighted by molar-refractivity contribution is -0.393.